The number of hydrogen-bond acceptors (Lipinski definition) is 1. The van der Waals surface area contributed by atoms with Crippen LogP contribution >= 0.6 is 0 Å². The summed E-state index contributed by atoms with van der Waals surface area (Å²) in [6.45, 7) is 2.16. The van der Waals surface area contributed by atoms with E-state index in [2.05, 4.69) is 24.4 Å². The fraction of sp³-hybridized carbons (Fsp3) is 0.250. The first kappa shape index (κ1) is 12.6. The van der Waals surface area contributed by atoms with Crippen LogP contribution in [0.1, 0.15) is 18.9 Å². The van der Waals surface area contributed by atoms with Crippen LogP contribution in [-0.4, -0.2) is 6.04 Å². The van der Waals surface area contributed by atoms with Crippen molar-refractivity contribution in [3.8, 4) is 0 Å². The van der Waals surface area contributed by atoms with E-state index >= 15 is 0 Å². The Labute approximate surface area is 108 Å². The molecule has 0 heterocycles. The smallest absolute Gasteiger partial charge is 0.123 e. The van der Waals surface area contributed by atoms with Gasteiger partial charge in [0.25, 0.3) is 0 Å². The molecule has 2 rings (SSSR count). The van der Waals surface area contributed by atoms with Gasteiger partial charge in [-0.05, 0) is 49.6 Å². The van der Waals surface area contributed by atoms with Crippen LogP contribution < -0.4 is 5.32 Å². The predicted octanol–water partition coefficient (Wildman–Crippen LogP) is 4.26. The monoisotopic (exact) mass is 243 g/mol. The number of nitrogens with one attached hydrogen (secondary N) is 1. The van der Waals surface area contributed by atoms with Crippen molar-refractivity contribution in [2.75, 3.05) is 5.32 Å². The highest BCUT2D eigenvalue weighted by molar-refractivity contribution is 5.43. The first-order chi connectivity index (χ1) is 8.74. The Morgan fingerprint density at radius 1 is 1.00 bits per heavy atom. The minimum absolute atomic E-state index is 0.172. The van der Waals surface area contributed by atoms with E-state index in [9.17, 15) is 4.39 Å². The fourth-order valence-corrected chi connectivity index (χ4v) is 1.93. The van der Waals surface area contributed by atoms with E-state index in [4.69, 9.17) is 0 Å². The molecule has 2 aromatic rings. The van der Waals surface area contributed by atoms with Gasteiger partial charge >= 0.3 is 0 Å². The number of benzene rings is 2. The summed E-state index contributed by atoms with van der Waals surface area (Å²) in [5.41, 5.74) is 2.32. The lowest BCUT2D eigenvalue weighted by Gasteiger charge is -2.15. The zero-order valence-corrected chi connectivity index (χ0v) is 10.6. The van der Waals surface area contributed by atoms with Crippen molar-refractivity contribution in [2.24, 2.45) is 0 Å². The van der Waals surface area contributed by atoms with Crippen molar-refractivity contribution in [1.82, 2.24) is 0 Å². The van der Waals surface area contributed by atoms with Gasteiger partial charge < -0.3 is 5.32 Å². The van der Waals surface area contributed by atoms with E-state index in [-0.39, 0.29) is 5.82 Å². The van der Waals surface area contributed by atoms with Crippen molar-refractivity contribution in [2.45, 2.75) is 25.8 Å². The molecule has 0 aliphatic heterocycles. The lowest BCUT2D eigenvalue weighted by atomic mass is 10.1. The maximum atomic E-state index is 12.8. The minimum Gasteiger partial charge on any atom is -0.383 e. The number of para-hydroxylation sites is 1. The van der Waals surface area contributed by atoms with Crippen LogP contribution in [0.25, 0.3) is 0 Å². The predicted molar refractivity (Wildman–Crippen MR) is 74.2 cm³/mol. The van der Waals surface area contributed by atoms with Crippen molar-refractivity contribution >= 4 is 5.69 Å². The second kappa shape index (κ2) is 6.20. The summed E-state index contributed by atoms with van der Waals surface area (Å²) in [6, 6.07) is 17.3. The van der Waals surface area contributed by atoms with Crippen LogP contribution in [0, 0.1) is 5.82 Å². The summed E-state index contributed by atoms with van der Waals surface area (Å²) in [5.74, 6) is -0.172. The van der Waals surface area contributed by atoms with Crippen molar-refractivity contribution in [3.63, 3.8) is 0 Å². The van der Waals surface area contributed by atoms with Gasteiger partial charge in [-0.15, -0.1) is 0 Å². The van der Waals surface area contributed by atoms with E-state index in [0.29, 0.717) is 6.04 Å². The molecule has 2 aromatic carbocycles. The van der Waals surface area contributed by atoms with E-state index in [0.717, 1.165) is 18.5 Å². The zero-order chi connectivity index (χ0) is 12.8. The Bertz CT molecular complexity index is 464. The first-order valence-electron chi connectivity index (χ1n) is 6.30. The van der Waals surface area contributed by atoms with Crippen LogP contribution in [0.4, 0.5) is 10.1 Å². The number of hydrogen-bond donors (Lipinski definition) is 1. The topological polar surface area (TPSA) is 12.0 Å². The molecule has 1 atom stereocenters. The van der Waals surface area contributed by atoms with Crippen LogP contribution in [0.2, 0.25) is 0 Å². The molecular formula is C16H18FN. The summed E-state index contributed by atoms with van der Waals surface area (Å²) in [4.78, 5) is 0. The van der Waals surface area contributed by atoms with Crippen LogP contribution in [0.5, 0.6) is 0 Å². The molecular weight excluding hydrogens is 225 g/mol. The maximum absolute atomic E-state index is 12.8. The average molecular weight is 243 g/mol. The molecule has 1 N–H and O–H groups in total. The Kier molecular flexibility index (Phi) is 4.35. The number of halogens is 1. The van der Waals surface area contributed by atoms with E-state index in [1.807, 2.05) is 30.3 Å². The maximum Gasteiger partial charge on any atom is 0.123 e. The lowest BCUT2D eigenvalue weighted by Crippen LogP contribution is -2.15. The second-order valence-electron chi connectivity index (χ2n) is 4.58. The summed E-state index contributed by atoms with van der Waals surface area (Å²) >= 11 is 0. The first-order valence-corrected chi connectivity index (χ1v) is 6.30. The fourth-order valence-electron chi connectivity index (χ4n) is 1.93. The Morgan fingerprint density at radius 3 is 2.33 bits per heavy atom. The quantitative estimate of drug-likeness (QED) is 0.827. The van der Waals surface area contributed by atoms with E-state index < -0.39 is 0 Å². The molecule has 0 fully saturated rings. The van der Waals surface area contributed by atoms with Gasteiger partial charge in [-0.1, -0.05) is 30.3 Å². The number of rotatable bonds is 5. The average Bonchev–Trinajstić information content (AvgIpc) is 2.39. The van der Waals surface area contributed by atoms with Gasteiger partial charge in [0.2, 0.25) is 0 Å². The van der Waals surface area contributed by atoms with Gasteiger partial charge in [-0.2, -0.15) is 0 Å². The molecule has 0 aliphatic carbocycles. The molecule has 0 amide bonds. The Morgan fingerprint density at radius 2 is 1.67 bits per heavy atom. The van der Waals surface area contributed by atoms with Gasteiger partial charge in [0.05, 0.1) is 0 Å². The largest absolute Gasteiger partial charge is 0.383 e. The zero-order valence-electron chi connectivity index (χ0n) is 10.6. The summed E-state index contributed by atoms with van der Waals surface area (Å²) in [5, 5.41) is 3.45. The molecule has 1 unspecified atom stereocenters. The molecule has 2 heteroatoms. The van der Waals surface area contributed by atoms with Crippen LogP contribution in [-0.2, 0) is 6.42 Å². The molecule has 0 spiro atoms. The Balaban J connectivity index is 1.81. The molecule has 0 bridgehead atoms. The van der Waals surface area contributed by atoms with Crippen molar-refractivity contribution < 1.29 is 4.39 Å². The van der Waals surface area contributed by atoms with Gasteiger partial charge in [-0.3, -0.25) is 0 Å². The molecule has 18 heavy (non-hydrogen) atoms. The summed E-state index contributed by atoms with van der Waals surface area (Å²) < 4.78 is 12.8. The molecule has 1 nitrogen and oxygen atoms in total. The van der Waals surface area contributed by atoms with Gasteiger partial charge in [0.1, 0.15) is 5.82 Å². The SMILES string of the molecule is CC(CCc1ccc(F)cc1)Nc1ccccc1. The van der Waals surface area contributed by atoms with Crippen LogP contribution in [0.3, 0.4) is 0 Å². The highest BCUT2D eigenvalue weighted by atomic mass is 19.1. The minimum atomic E-state index is -0.172. The molecule has 0 aromatic heterocycles. The third-order valence-electron chi connectivity index (χ3n) is 2.97. The molecule has 94 valence electrons. The standard InChI is InChI=1S/C16H18FN/c1-13(18-16-5-3-2-4-6-16)7-8-14-9-11-15(17)12-10-14/h2-6,9-13,18H,7-8H2,1H3. The third kappa shape index (κ3) is 3.88. The van der Waals surface area contributed by atoms with Gasteiger partial charge in [0.15, 0.2) is 0 Å². The summed E-state index contributed by atoms with van der Waals surface area (Å²) in [6.07, 6.45) is 1.99. The third-order valence-corrected chi connectivity index (χ3v) is 2.97. The Hall–Kier alpha value is -1.83. The van der Waals surface area contributed by atoms with Gasteiger partial charge in [0, 0.05) is 11.7 Å². The summed E-state index contributed by atoms with van der Waals surface area (Å²) in [7, 11) is 0. The highest BCUT2D eigenvalue weighted by Gasteiger charge is 2.02. The van der Waals surface area contributed by atoms with Gasteiger partial charge in [-0.25, -0.2) is 4.39 Å². The van der Waals surface area contributed by atoms with E-state index in [1.165, 1.54) is 17.7 Å². The molecule has 0 saturated heterocycles. The molecule has 0 radical (unpaired) electrons. The van der Waals surface area contributed by atoms with Crippen LogP contribution in [0.15, 0.2) is 54.6 Å². The lowest BCUT2D eigenvalue weighted by molar-refractivity contribution is 0.626. The molecule has 0 aliphatic rings. The number of anilines is 1. The van der Waals surface area contributed by atoms with Crippen molar-refractivity contribution in [3.05, 3.63) is 66.0 Å². The number of aryl methyl sites for hydroxylation is 1. The van der Waals surface area contributed by atoms with Crippen molar-refractivity contribution in [1.29, 1.82) is 0 Å². The highest BCUT2D eigenvalue weighted by Crippen LogP contribution is 2.11. The second-order valence-corrected chi connectivity index (χ2v) is 4.58. The molecule has 0 saturated carbocycles. The normalized spacial score (nSPS) is 12.1. The van der Waals surface area contributed by atoms with E-state index in [1.54, 1.807) is 0 Å².